The minimum Gasteiger partial charge on any atom is -0.515 e. The van der Waals surface area contributed by atoms with Gasteiger partial charge in [0.2, 0.25) is 0 Å². The molecule has 167 valence electrons. The van der Waals surface area contributed by atoms with E-state index in [0.29, 0.717) is 23.1 Å². The largest absolute Gasteiger partial charge is 0.515 e. The first-order valence-corrected chi connectivity index (χ1v) is 9.76. The molecule has 2 atom stereocenters. The Morgan fingerprint density at radius 3 is 3.00 bits per heavy atom. The van der Waals surface area contributed by atoms with E-state index in [9.17, 15) is 0 Å². The van der Waals surface area contributed by atoms with Crippen LogP contribution in [0, 0.1) is 12.5 Å². The first-order valence-electron chi connectivity index (χ1n) is 16.4. The van der Waals surface area contributed by atoms with E-state index in [4.69, 9.17) is 22.2 Å². The molecule has 2 aromatic heterocycles. The second kappa shape index (κ2) is 10.6. The van der Waals surface area contributed by atoms with Crippen LogP contribution in [0.25, 0.3) is 33.9 Å². The van der Waals surface area contributed by atoms with Gasteiger partial charge in [-0.1, -0.05) is 60.5 Å². The Morgan fingerprint density at radius 2 is 2.06 bits per heavy atom. The standard InChI is InChI=1S/C18H16NO.C11H8N.Ir/c1-12-9-10-16(19-11-12)15-7-4-6-14-13-5-2-3-8-17(13)20-18(14)15;1-2-6-10(7-3-1)11-8-4-5-9-12-11;/h2-3,5-8,11H,4,9-10H2,1H3;1-6,8-9H;/q2*-1;/i1D3,9D,10D;1D,2D,3D,4D,5D,6D,8D,9D;. The van der Waals surface area contributed by atoms with Crippen molar-refractivity contribution in [3.05, 3.63) is 108 Å². The number of aromatic nitrogens is 1. The summed E-state index contributed by atoms with van der Waals surface area (Å²) in [6.07, 6.45) is 3.14. The number of furan rings is 1. The van der Waals surface area contributed by atoms with Gasteiger partial charge in [-0.05, 0) is 39.0 Å². The van der Waals surface area contributed by atoms with E-state index in [1.54, 1.807) is 0 Å². The predicted octanol–water partition coefficient (Wildman–Crippen LogP) is 5.66. The normalized spacial score (nSPS) is 24.8. The van der Waals surface area contributed by atoms with Gasteiger partial charge in [0.1, 0.15) is 5.58 Å². The molecule has 4 heteroatoms. The van der Waals surface area contributed by atoms with Crippen LogP contribution in [0.1, 0.15) is 43.9 Å². The number of fused-ring (bicyclic) bond motifs is 3. The van der Waals surface area contributed by atoms with E-state index in [-0.39, 0.29) is 36.9 Å². The molecular weight excluding hydrogens is 585 g/mol. The topological polar surface area (TPSA) is 38.4 Å². The number of para-hydroxylation sites is 1. The molecule has 2 unspecified atom stereocenters. The van der Waals surface area contributed by atoms with Crippen molar-refractivity contribution < 1.29 is 42.3 Å². The number of benzene rings is 2. The molecule has 6 rings (SSSR count). The van der Waals surface area contributed by atoms with Gasteiger partial charge in [-0.2, -0.15) is 6.42 Å². The summed E-state index contributed by atoms with van der Waals surface area (Å²) in [4.78, 5) is 7.92. The number of hydrogen-bond donors (Lipinski definition) is 0. The minimum absolute atomic E-state index is 0. The second-order valence-corrected chi connectivity index (χ2v) is 6.78. The van der Waals surface area contributed by atoms with Gasteiger partial charge in [-0.25, -0.2) is 0 Å². The van der Waals surface area contributed by atoms with E-state index in [0.717, 1.165) is 16.2 Å². The Bertz CT molecular complexity index is 1970. The van der Waals surface area contributed by atoms with E-state index in [1.807, 2.05) is 30.7 Å². The Labute approximate surface area is 225 Å². The number of hydrogen-bond acceptors (Lipinski definition) is 3. The van der Waals surface area contributed by atoms with Crippen LogP contribution in [0.3, 0.4) is 0 Å². The minimum atomic E-state index is -2.40. The second-order valence-electron chi connectivity index (χ2n) is 6.78. The van der Waals surface area contributed by atoms with Crippen LogP contribution in [-0.2, 0) is 20.1 Å². The molecule has 0 N–H and O–H groups in total. The van der Waals surface area contributed by atoms with Crippen molar-refractivity contribution in [1.29, 1.82) is 0 Å². The van der Waals surface area contributed by atoms with Crippen molar-refractivity contribution >= 4 is 28.3 Å². The third-order valence-corrected chi connectivity index (χ3v) is 4.77. The Hall–Kier alpha value is -3.20. The molecule has 1 aliphatic heterocycles. The predicted molar refractivity (Wildman–Crippen MR) is 131 cm³/mol. The van der Waals surface area contributed by atoms with Gasteiger partial charge < -0.3 is 14.4 Å². The van der Waals surface area contributed by atoms with Gasteiger partial charge in [0.25, 0.3) is 0 Å². The molecule has 2 aromatic carbocycles. The summed E-state index contributed by atoms with van der Waals surface area (Å²) in [7, 11) is 0. The summed E-state index contributed by atoms with van der Waals surface area (Å²) in [6, 6.07) is 6.79. The average Bonchev–Trinajstić information content (AvgIpc) is 3.39. The molecule has 3 nitrogen and oxygen atoms in total. The zero-order chi connectivity index (χ0) is 33.0. The molecule has 1 aliphatic carbocycles. The monoisotopic (exact) mass is 622 g/mol. The summed E-state index contributed by atoms with van der Waals surface area (Å²) in [5.74, 6) is 0. The van der Waals surface area contributed by atoms with Gasteiger partial charge in [-0.15, -0.1) is 41.4 Å². The molecule has 0 spiro atoms. The van der Waals surface area contributed by atoms with Crippen molar-refractivity contribution in [2.24, 2.45) is 4.99 Å². The molecule has 0 fully saturated rings. The quantitative estimate of drug-likeness (QED) is 0.271. The fourth-order valence-electron chi connectivity index (χ4n) is 3.35. The van der Waals surface area contributed by atoms with E-state index < -0.39 is 68.1 Å². The number of rotatable bonds is 2. The zero-order valence-corrected chi connectivity index (χ0v) is 19.4. The third-order valence-electron chi connectivity index (χ3n) is 4.77. The van der Waals surface area contributed by atoms with Crippen LogP contribution < -0.4 is 10.6 Å². The smallest absolute Gasteiger partial charge is 0.117 e. The summed E-state index contributed by atoms with van der Waals surface area (Å²) in [5.41, 5.74) is 1.96. The van der Waals surface area contributed by atoms with Gasteiger partial charge in [0, 0.05) is 52.9 Å². The van der Waals surface area contributed by atoms with Crippen LogP contribution in [0.2, 0.25) is 0 Å². The Morgan fingerprint density at radius 1 is 1.15 bits per heavy atom. The maximum atomic E-state index is 8.36. The summed E-state index contributed by atoms with van der Waals surface area (Å²) in [6.45, 7) is -2.40. The van der Waals surface area contributed by atoms with E-state index in [1.165, 1.54) is 6.20 Å². The molecule has 4 aromatic rings. The Balaban J connectivity index is 0.000000210. The molecule has 0 amide bonds. The van der Waals surface area contributed by atoms with E-state index >= 15 is 0 Å². The van der Waals surface area contributed by atoms with Crippen LogP contribution in [0.5, 0.6) is 0 Å². The van der Waals surface area contributed by atoms with Gasteiger partial charge in [0.05, 0.1) is 5.48 Å². The number of pyridine rings is 1. The summed E-state index contributed by atoms with van der Waals surface area (Å²) >= 11 is 0. The third kappa shape index (κ3) is 5.08. The fraction of sp³-hybridized carbons (Fsp3) is 0.138. The van der Waals surface area contributed by atoms with Gasteiger partial charge in [-0.3, -0.25) is 0 Å². The maximum absolute atomic E-state index is 8.36. The Kier molecular flexibility index (Phi) is 3.79. The van der Waals surface area contributed by atoms with E-state index in [2.05, 4.69) is 22.1 Å². The molecule has 33 heavy (non-hydrogen) atoms. The zero-order valence-electron chi connectivity index (χ0n) is 30.0. The fourth-order valence-corrected chi connectivity index (χ4v) is 3.35. The molecule has 1 radical (unpaired) electrons. The average molecular weight is 622 g/mol. The number of nitrogens with zero attached hydrogens (tertiary/aromatic N) is 2. The van der Waals surface area contributed by atoms with Crippen molar-refractivity contribution in [2.45, 2.75) is 26.1 Å². The summed E-state index contributed by atoms with van der Waals surface area (Å²) in [5, 5.41) is 1.97. The van der Waals surface area contributed by atoms with Crippen LogP contribution in [-0.4, -0.2) is 10.7 Å². The molecule has 0 saturated carbocycles. The van der Waals surface area contributed by atoms with Crippen LogP contribution in [0.4, 0.5) is 0 Å². The van der Waals surface area contributed by atoms with Crippen LogP contribution >= 0.6 is 0 Å². The first-order chi connectivity index (χ1) is 21.1. The van der Waals surface area contributed by atoms with Crippen molar-refractivity contribution in [1.82, 2.24) is 4.98 Å². The van der Waals surface area contributed by atoms with Gasteiger partial charge in [0.15, 0.2) is 0 Å². The van der Waals surface area contributed by atoms with Crippen LogP contribution in [0.15, 0.2) is 93.9 Å². The molecular formula is C29H24IrN2O-2. The molecule has 0 bridgehead atoms. The molecule has 3 heterocycles. The van der Waals surface area contributed by atoms with Crippen molar-refractivity contribution in [3.63, 3.8) is 0 Å². The SMILES string of the molecule is [2H]C1C(C([2H])([2H])[2H])=CN=C(C2=c3oc4ccccc4c3=CC[CH-]2)C1[2H].[2H]c1[c-]c(-c2nc([2H])c([2H])c([2H])c2[2H])c([2H])c([2H])c1[2H].[Ir]. The molecule has 0 saturated heterocycles. The molecule has 2 aliphatic rings. The number of allylic oxidation sites excluding steroid dienone is 1. The summed E-state index contributed by atoms with van der Waals surface area (Å²) < 4.78 is 105. The van der Waals surface area contributed by atoms with Gasteiger partial charge >= 0.3 is 0 Å². The maximum Gasteiger partial charge on any atom is 0.117 e. The van der Waals surface area contributed by atoms with Crippen molar-refractivity contribution in [2.75, 3.05) is 0 Å². The van der Waals surface area contributed by atoms with Crippen molar-refractivity contribution in [3.8, 4) is 11.3 Å². The first kappa shape index (κ1) is 11.8. The number of aliphatic imine (C=N–C) groups is 1.